The van der Waals surface area contributed by atoms with Crippen LogP contribution in [0, 0.1) is 0 Å². The Morgan fingerprint density at radius 2 is 1.90 bits per heavy atom. The summed E-state index contributed by atoms with van der Waals surface area (Å²) in [6, 6.07) is 12.7. The summed E-state index contributed by atoms with van der Waals surface area (Å²) in [5.74, 6) is 1.91. The highest BCUT2D eigenvalue weighted by molar-refractivity contribution is 8.00. The third-order valence-electron chi connectivity index (χ3n) is 3.03. The van der Waals surface area contributed by atoms with Crippen LogP contribution in [0.15, 0.2) is 47.4 Å². The van der Waals surface area contributed by atoms with Gasteiger partial charge in [-0.05, 0) is 30.3 Å². The van der Waals surface area contributed by atoms with Gasteiger partial charge in [0, 0.05) is 15.5 Å². The van der Waals surface area contributed by atoms with Gasteiger partial charge in [0.25, 0.3) is 0 Å². The fourth-order valence-electron chi connectivity index (χ4n) is 2.01. The van der Waals surface area contributed by atoms with Crippen LogP contribution < -0.4 is 9.47 Å². The van der Waals surface area contributed by atoms with Crippen molar-refractivity contribution in [2.75, 3.05) is 19.0 Å². The van der Waals surface area contributed by atoms with Gasteiger partial charge < -0.3 is 9.47 Å². The van der Waals surface area contributed by atoms with Gasteiger partial charge in [-0.25, -0.2) is 0 Å². The quantitative estimate of drug-likeness (QED) is 0.628. The molecule has 0 saturated carbocycles. The molecule has 0 spiro atoms. The minimum Gasteiger partial charge on any atom is -0.486 e. The second-order valence-electron chi connectivity index (χ2n) is 4.53. The van der Waals surface area contributed by atoms with E-state index in [1.807, 2.05) is 18.2 Å². The zero-order valence-electron chi connectivity index (χ0n) is 11.2. The Morgan fingerprint density at radius 3 is 2.71 bits per heavy atom. The first-order valence-electron chi connectivity index (χ1n) is 6.53. The van der Waals surface area contributed by atoms with Crippen molar-refractivity contribution in [1.82, 2.24) is 0 Å². The molecule has 0 bridgehead atoms. The van der Waals surface area contributed by atoms with Gasteiger partial charge in [0.2, 0.25) is 0 Å². The van der Waals surface area contributed by atoms with E-state index in [1.165, 1.54) is 11.8 Å². The molecule has 0 fully saturated rings. The number of halogens is 1. The highest BCUT2D eigenvalue weighted by Crippen LogP contribution is 2.34. The molecule has 0 radical (unpaired) electrons. The number of Topliss-reactive ketones (excluding diaryl/α,β-unsaturated/α-hetero) is 1. The second-order valence-corrected chi connectivity index (χ2v) is 6.01. The lowest BCUT2D eigenvalue weighted by molar-refractivity contribution is 0.102. The molecule has 1 aliphatic rings. The first-order valence-corrected chi connectivity index (χ1v) is 7.90. The Balaban J connectivity index is 1.66. The molecule has 1 heterocycles. The molecule has 0 aliphatic carbocycles. The van der Waals surface area contributed by atoms with E-state index in [0.717, 1.165) is 16.4 Å². The van der Waals surface area contributed by atoms with Crippen molar-refractivity contribution >= 4 is 29.1 Å². The van der Waals surface area contributed by atoms with Gasteiger partial charge in [-0.15, -0.1) is 11.8 Å². The van der Waals surface area contributed by atoms with Crippen LogP contribution in [0.5, 0.6) is 11.5 Å². The lowest BCUT2D eigenvalue weighted by atomic mass is 10.1. The zero-order valence-corrected chi connectivity index (χ0v) is 12.7. The van der Waals surface area contributed by atoms with Crippen LogP contribution in [0.25, 0.3) is 0 Å². The summed E-state index contributed by atoms with van der Waals surface area (Å²) in [5.41, 5.74) is 0.632. The van der Waals surface area contributed by atoms with Crippen molar-refractivity contribution < 1.29 is 14.3 Å². The average molecular weight is 321 g/mol. The molecule has 0 N–H and O–H groups in total. The summed E-state index contributed by atoms with van der Waals surface area (Å²) in [7, 11) is 0. The number of fused-ring (bicyclic) bond motifs is 1. The zero-order chi connectivity index (χ0) is 14.7. The highest BCUT2D eigenvalue weighted by Gasteiger charge is 2.13. The fourth-order valence-corrected chi connectivity index (χ4v) is 3.02. The summed E-state index contributed by atoms with van der Waals surface area (Å²) in [4.78, 5) is 13.1. The molecule has 0 amide bonds. The molecule has 3 rings (SSSR count). The number of hydrogen-bond donors (Lipinski definition) is 0. The molecule has 0 unspecified atom stereocenters. The van der Waals surface area contributed by atoms with Crippen LogP contribution in [0.2, 0.25) is 5.02 Å². The maximum atomic E-state index is 12.1. The van der Waals surface area contributed by atoms with E-state index in [9.17, 15) is 4.79 Å². The summed E-state index contributed by atoms with van der Waals surface area (Å²) in [6.45, 7) is 1.13. The van der Waals surface area contributed by atoms with Crippen LogP contribution in [0.4, 0.5) is 0 Å². The number of hydrogen-bond acceptors (Lipinski definition) is 4. The molecule has 0 atom stereocenters. The van der Waals surface area contributed by atoms with E-state index in [2.05, 4.69) is 0 Å². The molecular formula is C16H13ClO3S. The highest BCUT2D eigenvalue weighted by atomic mass is 35.5. The molecule has 21 heavy (non-hydrogen) atoms. The lowest BCUT2D eigenvalue weighted by Crippen LogP contribution is -2.15. The number of benzene rings is 2. The minimum atomic E-state index is 0.0531. The lowest BCUT2D eigenvalue weighted by Gasteiger charge is -2.18. The van der Waals surface area contributed by atoms with Gasteiger partial charge in [-0.2, -0.15) is 0 Å². The summed E-state index contributed by atoms with van der Waals surface area (Å²) in [5, 5.41) is 0.574. The maximum Gasteiger partial charge on any atom is 0.173 e. The number of ketones is 1. The van der Waals surface area contributed by atoms with Gasteiger partial charge in [0.05, 0.1) is 5.75 Å². The number of thioether (sulfide) groups is 1. The first kappa shape index (κ1) is 14.3. The Kier molecular flexibility index (Phi) is 4.36. The van der Waals surface area contributed by atoms with Gasteiger partial charge in [0.1, 0.15) is 13.2 Å². The fraction of sp³-hybridized carbons (Fsp3) is 0.188. The Labute approximate surface area is 132 Å². The maximum absolute atomic E-state index is 12.1. The van der Waals surface area contributed by atoms with Crippen molar-refractivity contribution in [1.29, 1.82) is 0 Å². The third-order valence-corrected chi connectivity index (χ3v) is 4.26. The Morgan fingerprint density at radius 1 is 1.10 bits per heavy atom. The summed E-state index contributed by atoms with van der Waals surface area (Å²) < 4.78 is 11.0. The third kappa shape index (κ3) is 3.52. The van der Waals surface area contributed by atoms with Crippen molar-refractivity contribution in [2.45, 2.75) is 4.90 Å². The number of rotatable bonds is 4. The van der Waals surface area contributed by atoms with E-state index in [0.29, 0.717) is 29.6 Å². The number of carbonyl (C=O) groups excluding carboxylic acids is 1. The van der Waals surface area contributed by atoms with E-state index >= 15 is 0 Å². The monoisotopic (exact) mass is 320 g/mol. The summed E-state index contributed by atoms with van der Waals surface area (Å²) in [6.07, 6.45) is 0. The molecule has 2 aromatic rings. The van der Waals surface area contributed by atoms with Gasteiger partial charge in [0.15, 0.2) is 17.3 Å². The first-order chi connectivity index (χ1) is 10.2. The van der Waals surface area contributed by atoms with Crippen LogP contribution in [-0.4, -0.2) is 24.7 Å². The number of ether oxygens (including phenoxy) is 2. The number of carbonyl (C=O) groups is 1. The normalized spacial score (nSPS) is 13.0. The molecule has 5 heteroatoms. The molecular weight excluding hydrogens is 308 g/mol. The Hall–Kier alpha value is -1.65. The van der Waals surface area contributed by atoms with Crippen LogP contribution >= 0.6 is 23.4 Å². The predicted molar refractivity (Wildman–Crippen MR) is 83.9 cm³/mol. The molecule has 108 valence electrons. The van der Waals surface area contributed by atoms with Gasteiger partial charge >= 0.3 is 0 Å². The second kappa shape index (κ2) is 6.41. The smallest absolute Gasteiger partial charge is 0.173 e. The molecule has 2 aromatic carbocycles. The summed E-state index contributed by atoms with van der Waals surface area (Å²) >= 11 is 7.37. The van der Waals surface area contributed by atoms with E-state index in [1.54, 1.807) is 24.3 Å². The van der Waals surface area contributed by atoms with Crippen molar-refractivity contribution in [3.8, 4) is 11.5 Å². The van der Waals surface area contributed by atoms with Gasteiger partial charge in [-0.3, -0.25) is 4.79 Å². The van der Waals surface area contributed by atoms with E-state index in [4.69, 9.17) is 21.1 Å². The topological polar surface area (TPSA) is 35.5 Å². The van der Waals surface area contributed by atoms with Crippen LogP contribution in [0.1, 0.15) is 10.4 Å². The van der Waals surface area contributed by atoms with Crippen LogP contribution in [-0.2, 0) is 0 Å². The minimum absolute atomic E-state index is 0.0531. The molecule has 0 aromatic heterocycles. The van der Waals surface area contributed by atoms with Crippen LogP contribution in [0.3, 0.4) is 0 Å². The van der Waals surface area contributed by atoms with Crippen molar-refractivity contribution in [3.63, 3.8) is 0 Å². The Bertz CT molecular complexity index is 672. The predicted octanol–water partition coefficient (Wildman–Crippen LogP) is 4.09. The molecule has 0 saturated heterocycles. The largest absolute Gasteiger partial charge is 0.486 e. The van der Waals surface area contributed by atoms with E-state index in [-0.39, 0.29) is 5.78 Å². The standard InChI is InChI=1S/C16H13ClO3S/c17-12-3-1-2-11(8-12)14(18)10-21-13-4-5-15-16(9-13)20-7-6-19-15/h1-5,8-9H,6-7,10H2. The van der Waals surface area contributed by atoms with Crippen molar-refractivity contribution in [2.24, 2.45) is 0 Å². The average Bonchev–Trinajstić information content (AvgIpc) is 2.52. The molecule has 1 aliphatic heterocycles. The molecule has 3 nitrogen and oxygen atoms in total. The SMILES string of the molecule is O=C(CSc1ccc2c(c1)OCCO2)c1cccc(Cl)c1. The van der Waals surface area contributed by atoms with E-state index < -0.39 is 0 Å². The van der Waals surface area contributed by atoms with Crippen molar-refractivity contribution in [3.05, 3.63) is 53.1 Å². The van der Waals surface area contributed by atoms with Gasteiger partial charge in [-0.1, -0.05) is 23.7 Å².